The van der Waals surface area contributed by atoms with Crippen LogP contribution in [-0.4, -0.2) is 16.6 Å². The quantitative estimate of drug-likeness (QED) is 0.777. The number of aromatic nitrogens is 2. The minimum atomic E-state index is 0.0643. The third kappa shape index (κ3) is 3.11. The van der Waals surface area contributed by atoms with Crippen LogP contribution >= 0.6 is 0 Å². The van der Waals surface area contributed by atoms with Gasteiger partial charge in [-0.2, -0.15) is 0 Å². The van der Waals surface area contributed by atoms with Crippen molar-refractivity contribution in [1.29, 1.82) is 0 Å². The molecule has 0 spiro atoms. The highest BCUT2D eigenvalue weighted by atomic mass is 16.1. The van der Waals surface area contributed by atoms with Crippen LogP contribution in [0.15, 0.2) is 53.6 Å². The van der Waals surface area contributed by atoms with Gasteiger partial charge in [0.2, 0.25) is 0 Å². The highest BCUT2D eigenvalue weighted by molar-refractivity contribution is 5.84. The third-order valence-corrected chi connectivity index (χ3v) is 4.08. The molecule has 0 aliphatic heterocycles. The lowest BCUT2D eigenvalue weighted by atomic mass is 10.0. The average molecular weight is 307 g/mol. The number of nitrogens with zero attached hydrogens (tertiary/aromatic N) is 2. The second kappa shape index (κ2) is 6.65. The molecule has 1 aromatic carbocycles. The third-order valence-electron chi connectivity index (χ3n) is 4.08. The van der Waals surface area contributed by atoms with E-state index in [1.54, 1.807) is 6.07 Å². The first-order valence-electron chi connectivity index (χ1n) is 8.00. The molecule has 2 aromatic heterocycles. The molecule has 4 heteroatoms. The normalized spacial score (nSPS) is 10.9. The number of benzene rings is 1. The number of anilines is 1. The zero-order chi connectivity index (χ0) is 16.2. The van der Waals surface area contributed by atoms with E-state index in [4.69, 9.17) is 0 Å². The van der Waals surface area contributed by atoms with Gasteiger partial charge < -0.3 is 9.88 Å². The molecule has 0 aliphatic rings. The van der Waals surface area contributed by atoms with E-state index in [1.807, 2.05) is 43.7 Å². The summed E-state index contributed by atoms with van der Waals surface area (Å²) in [6, 6.07) is 11.7. The molecule has 0 saturated carbocycles. The Bertz CT molecular complexity index is 866. The molecule has 2 heterocycles. The smallest absolute Gasteiger partial charge is 0.189 e. The predicted octanol–water partition coefficient (Wildman–Crippen LogP) is 3.91. The lowest BCUT2D eigenvalue weighted by Crippen LogP contribution is -2.08. The van der Waals surface area contributed by atoms with Crippen LogP contribution in [0.5, 0.6) is 0 Å². The van der Waals surface area contributed by atoms with Gasteiger partial charge in [0.1, 0.15) is 5.82 Å². The number of fused-ring (bicyclic) bond motifs is 1. The molecule has 0 saturated heterocycles. The molecule has 0 bridgehead atoms. The number of unbranched alkanes of at least 4 members (excludes halogenated alkanes) is 1. The Kier molecular flexibility index (Phi) is 4.42. The first kappa shape index (κ1) is 15.3. The van der Waals surface area contributed by atoms with Crippen molar-refractivity contribution in [3.63, 3.8) is 0 Å². The number of aryl methyl sites for hydroxylation is 1. The molecule has 23 heavy (non-hydrogen) atoms. The summed E-state index contributed by atoms with van der Waals surface area (Å²) in [5.74, 6) is 0.830. The fraction of sp³-hybridized carbons (Fsp3) is 0.263. The van der Waals surface area contributed by atoms with Crippen LogP contribution in [0.25, 0.3) is 22.0 Å². The first-order chi connectivity index (χ1) is 11.2. The Morgan fingerprint density at radius 1 is 1.13 bits per heavy atom. The van der Waals surface area contributed by atoms with Gasteiger partial charge in [-0.15, -0.1) is 0 Å². The molecule has 3 aromatic rings. The highest BCUT2D eigenvalue weighted by Gasteiger charge is 2.06. The van der Waals surface area contributed by atoms with Crippen LogP contribution in [0.1, 0.15) is 19.8 Å². The summed E-state index contributed by atoms with van der Waals surface area (Å²) in [6.45, 7) is 3.11. The standard InChI is InChI=1S/C19H21N3O/c1-3-4-10-22-11-9-18(23)16-12-14(5-7-17(16)22)15-6-8-19(20-2)21-13-15/h5-9,11-13H,3-4,10H2,1-2H3,(H,20,21). The molecule has 4 nitrogen and oxygen atoms in total. The van der Waals surface area contributed by atoms with E-state index >= 15 is 0 Å². The van der Waals surface area contributed by atoms with Gasteiger partial charge in [0.05, 0.1) is 5.52 Å². The van der Waals surface area contributed by atoms with E-state index in [0.717, 1.165) is 47.2 Å². The summed E-state index contributed by atoms with van der Waals surface area (Å²) < 4.78 is 2.16. The minimum absolute atomic E-state index is 0.0643. The molecule has 0 amide bonds. The fourth-order valence-corrected chi connectivity index (χ4v) is 2.73. The molecule has 0 unspecified atom stereocenters. The van der Waals surface area contributed by atoms with E-state index < -0.39 is 0 Å². The van der Waals surface area contributed by atoms with Gasteiger partial charge in [0, 0.05) is 43.0 Å². The van der Waals surface area contributed by atoms with E-state index in [0.29, 0.717) is 0 Å². The molecule has 0 atom stereocenters. The van der Waals surface area contributed by atoms with Gasteiger partial charge in [-0.25, -0.2) is 4.98 Å². The second-order valence-corrected chi connectivity index (χ2v) is 5.64. The van der Waals surface area contributed by atoms with Crippen LogP contribution in [-0.2, 0) is 6.54 Å². The predicted molar refractivity (Wildman–Crippen MR) is 95.9 cm³/mol. The number of rotatable bonds is 5. The van der Waals surface area contributed by atoms with Crippen molar-refractivity contribution in [3.8, 4) is 11.1 Å². The fourth-order valence-electron chi connectivity index (χ4n) is 2.73. The molecule has 0 aliphatic carbocycles. The molecular formula is C19H21N3O. The van der Waals surface area contributed by atoms with Crippen LogP contribution in [0.2, 0.25) is 0 Å². The second-order valence-electron chi connectivity index (χ2n) is 5.64. The van der Waals surface area contributed by atoms with Gasteiger partial charge in [0.25, 0.3) is 0 Å². The van der Waals surface area contributed by atoms with E-state index in [-0.39, 0.29) is 5.43 Å². The Hall–Kier alpha value is -2.62. The van der Waals surface area contributed by atoms with E-state index in [2.05, 4.69) is 27.9 Å². The summed E-state index contributed by atoms with van der Waals surface area (Å²) in [5.41, 5.74) is 3.08. The largest absolute Gasteiger partial charge is 0.373 e. The molecule has 3 rings (SSSR count). The van der Waals surface area contributed by atoms with E-state index in [9.17, 15) is 4.79 Å². The van der Waals surface area contributed by atoms with Crippen molar-refractivity contribution < 1.29 is 0 Å². The molecule has 0 radical (unpaired) electrons. The maximum atomic E-state index is 12.2. The Balaban J connectivity index is 2.07. The van der Waals surface area contributed by atoms with Gasteiger partial charge in [0.15, 0.2) is 5.43 Å². The Morgan fingerprint density at radius 2 is 1.96 bits per heavy atom. The molecular weight excluding hydrogens is 286 g/mol. The van der Waals surface area contributed by atoms with Crippen LogP contribution in [0.4, 0.5) is 5.82 Å². The SMILES string of the molecule is CCCCn1ccc(=O)c2cc(-c3ccc(NC)nc3)ccc21. The summed E-state index contributed by atoms with van der Waals surface area (Å²) in [5, 5.41) is 3.77. The van der Waals surface area contributed by atoms with Crippen molar-refractivity contribution >= 4 is 16.7 Å². The summed E-state index contributed by atoms with van der Waals surface area (Å²) in [7, 11) is 1.84. The molecule has 0 fully saturated rings. The average Bonchev–Trinajstić information content (AvgIpc) is 2.61. The Labute approximate surface area is 135 Å². The maximum absolute atomic E-state index is 12.2. The molecule has 1 N–H and O–H groups in total. The van der Waals surface area contributed by atoms with Gasteiger partial charge in [-0.1, -0.05) is 19.4 Å². The van der Waals surface area contributed by atoms with Crippen LogP contribution in [0.3, 0.4) is 0 Å². The Morgan fingerprint density at radius 3 is 2.65 bits per heavy atom. The summed E-state index contributed by atoms with van der Waals surface area (Å²) >= 11 is 0. The number of hydrogen-bond acceptors (Lipinski definition) is 3. The van der Waals surface area contributed by atoms with Crippen LogP contribution < -0.4 is 10.7 Å². The zero-order valence-corrected chi connectivity index (χ0v) is 13.5. The van der Waals surface area contributed by atoms with Crippen molar-refractivity contribution in [2.45, 2.75) is 26.3 Å². The minimum Gasteiger partial charge on any atom is -0.373 e. The number of pyridine rings is 2. The van der Waals surface area contributed by atoms with Crippen LogP contribution in [0, 0.1) is 0 Å². The van der Waals surface area contributed by atoms with Crippen molar-refractivity contribution in [1.82, 2.24) is 9.55 Å². The number of hydrogen-bond donors (Lipinski definition) is 1. The topological polar surface area (TPSA) is 46.9 Å². The van der Waals surface area contributed by atoms with Gasteiger partial charge in [-0.05, 0) is 36.2 Å². The summed E-state index contributed by atoms with van der Waals surface area (Å²) in [6.07, 6.45) is 5.96. The van der Waals surface area contributed by atoms with Gasteiger partial charge in [-0.3, -0.25) is 4.79 Å². The first-order valence-corrected chi connectivity index (χ1v) is 8.00. The number of nitrogens with one attached hydrogen (secondary N) is 1. The van der Waals surface area contributed by atoms with Crippen molar-refractivity contribution in [2.24, 2.45) is 0 Å². The lowest BCUT2D eigenvalue weighted by molar-refractivity contribution is 0.646. The highest BCUT2D eigenvalue weighted by Crippen LogP contribution is 2.23. The van der Waals surface area contributed by atoms with Crippen molar-refractivity contribution in [2.75, 3.05) is 12.4 Å². The lowest BCUT2D eigenvalue weighted by Gasteiger charge is -2.11. The summed E-state index contributed by atoms with van der Waals surface area (Å²) in [4.78, 5) is 16.6. The van der Waals surface area contributed by atoms with E-state index in [1.165, 1.54) is 0 Å². The monoisotopic (exact) mass is 307 g/mol. The van der Waals surface area contributed by atoms with Crippen molar-refractivity contribution in [3.05, 3.63) is 59.0 Å². The van der Waals surface area contributed by atoms with Gasteiger partial charge >= 0.3 is 0 Å². The molecule has 118 valence electrons. The zero-order valence-electron chi connectivity index (χ0n) is 13.5. The maximum Gasteiger partial charge on any atom is 0.189 e.